The summed E-state index contributed by atoms with van der Waals surface area (Å²) in [7, 11) is 0. The van der Waals surface area contributed by atoms with Crippen LogP contribution in [0.4, 0.5) is 8.78 Å². The first-order valence-corrected chi connectivity index (χ1v) is 5.80. The zero-order valence-corrected chi connectivity index (χ0v) is 11.0. The second kappa shape index (κ2) is 5.97. The van der Waals surface area contributed by atoms with Crippen LogP contribution in [0.25, 0.3) is 0 Å². The minimum atomic E-state index is -1.23. The first-order chi connectivity index (χ1) is 8.73. The fraction of sp³-hybridized carbons (Fsp3) is 0.333. The van der Waals surface area contributed by atoms with Crippen molar-refractivity contribution in [2.75, 3.05) is 0 Å². The maximum absolute atomic E-state index is 13.0. The molecule has 0 saturated heterocycles. The van der Waals surface area contributed by atoms with E-state index >= 15 is 0 Å². The van der Waals surface area contributed by atoms with E-state index in [1.165, 1.54) is 0 Å². The summed E-state index contributed by atoms with van der Waals surface area (Å²) in [6.45, 7) is 3.21. The highest BCUT2D eigenvalue weighted by Gasteiger charge is 2.25. The summed E-state index contributed by atoms with van der Waals surface area (Å²) in [5.41, 5.74) is -0.313. The van der Waals surface area contributed by atoms with Gasteiger partial charge in [-0.25, -0.2) is 13.6 Å². The largest absolute Gasteiger partial charge is 0.480 e. The molecular formula is C12H12ClF2NO3. The Morgan fingerprint density at radius 3 is 2.26 bits per heavy atom. The van der Waals surface area contributed by atoms with Gasteiger partial charge in [0.2, 0.25) is 0 Å². The standard InChI is InChI=1S/C12H12ClF2NO3/c1-5(2)10(12(18)19)16-11(17)6-3-8(14)9(15)4-7(6)13/h3-5,10H,1-2H3,(H,16,17)(H,18,19)/t10-/m0/s1. The van der Waals surface area contributed by atoms with Gasteiger partial charge in [0.25, 0.3) is 5.91 Å². The Morgan fingerprint density at radius 2 is 1.79 bits per heavy atom. The molecule has 0 heterocycles. The van der Waals surface area contributed by atoms with E-state index in [2.05, 4.69) is 5.32 Å². The van der Waals surface area contributed by atoms with Crippen LogP contribution in [0.5, 0.6) is 0 Å². The molecule has 1 atom stereocenters. The van der Waals surface area contributed by atoms with E-state index in [4.69, 9.17) is 16.7 Å². The van der Waals surface area contributed by atoms with Gasteiger partial charge in [-0.05, 0) is 18.1 Å². The number of benzene rings is 1. The molecule has 1 aromatic rings. The molecule has 7 heteroatoms. The van der Waals surface area contributed by atoms with E-state index in [1.807, 2.05) is 0 Å². The lowest BCUT2D eigenvalue weighted by atomic mass is 10.0. The van der Waals surface area contributed by atoms with Crippen LogP contribution in [-0.4, -0.2) is 23.0 Å². The van der Waals surface area contributed by atoms with E-state index in [0.717, 1.165) is 0 Å². The van der Waals surface area contributed by atoms with Crippen molar-refractivity contribution in [2.45, 2.75) is 19.9 Å². The summed E-state index contributed by atoms with van der Waals surface area (Å²) >= 11 is 5.62. The number of rotatable bonds is 4. The van der Waals surface area contributed by atoms with Gasteiger partial charge in [-0.3, -0.25) is 4.79 Å². The topological polar surface area (TPSA) is 66.4 Å². The van der Waals surface area contributed by atoms with Crippen molar-refractivity contribution >= 4 is 23.5 Å². The Labute approximate surface area is 113 Å². The highest BCUT2D eigenvalue weighted by atomic mass is 35.5. The average Bonchev–Trinajstić information content (AvgIpc) is 2.29. The smallest absolute Gasteiger partial charge is 0.326 e. The first kappa shape index (κ1) is 15.4. The summed E-state index contributed by atoms with van der Waals surface area (Å²) in [4.78, 5) is 22.7. The highest BCUT2D eigenvalue weighted by molar-refractivity contribution is 6.33. The zero-order chi connectivity index (χ0) is 14.7. The number of carbonyl (C=O) groups excluding carboxylic acids is 1. The van der Waals surface area contributed by atoms with Crippen LogP contribution in [0.1, 0.15) is 24.2 Å². The zero-order valence-electron chi connectivity index (χ0n) is 10.2. The van der Waals surface area contributed by atoms with Crippen molar-refractivity contribution in [3.8, 4) is 0 Å². The molecule has 0 aromatic heterocycles. The second-order valence-electron chi connectivity index (χ2n) is 4.28. The molecule has 1 amide bonds. The van der Waals surface area contributed by atoms with E-state index < -0.39 is 29.6 Å². The molecule has 0 aliphatic rings. The van der Waals surface area contributed by atoms with Gasteiger partial charge in [-0.15, -0.1) is 0 Å². The van der Waals surface area contributed by atoms with Crippen molar-refractivity contribution in [1.82, 2.24) is 5.32 Å². The Morgan fingerprint density at radius 1 is 1.26 bits per heavy atom. The number of carboxylic acid groups (broad SMARTS) is 1. The average molecular weight is 292 g/mol. The van der Waals surface area contributed by atoms with Gasteiger partial charge in [0.15, 0.2) is 11.6 Å². The number of aliphatic carboxylic acids is 1. The first-order valence-electron chi connectivity index (χ1n) is 5.42. The Kier molecular flexibility index (Phi) is 4.83. The van der Waals surface area contributed by atoms with Gasteiger partial charge in [-0.1, -0.05) is 25.4 Å². The van der Waals surface area contributed by atoms with E-state index in [1.54, 1.807) is 13.8 Å². The molecule has 0 saturated carbocycles. The van der Waals surface area contributed by atoms with E-state index in [0.29, 0.717) is 12.1 Å². The normalized spacial score (nSPS) is 12.3. The summed E-state index contributed by atoms with van der Waals surface area (Å²) in [6, 6.07) is 0.153. The lowest BCUT2D eigenvalue weighted by Crippen LogP contribution is -2.44. The number of halogens is 3. The molecule has 0 fully saturated rings. The van der Waals surface area contributed by atoms with Crippen LogP contribution < -0.4 is 5.32 Å². The number of carboxylic acids is 1. The minimum Gasteiger partial charge on any atom is -0.480 e. The van der Waals surface area contributed by atoms with E-state index in [9.17, 15) is 18.4 Å². The summed E-state index contributed by atoms with van der Waals surface area (Å²) < 4.78 is 25.9. The maximum atomic E-state index is 13.0. The van der Waals surface area contributed by atoms with Crippen LogP contribution in [0, 0.1) is 17.6 Å². The third-order valence-corrected chi connectivity index (χ3v) is 2.79. The molecule has 0 aliphatic heterocycles. The van der Waals surface area contributed by atoms with Crippen molar-refractivity contribution < 1.29 is 23.5 Å². The lowest BCUT2D eigenvalue weighted by Gasteiger charge is -2.18. The monoisotopic (exact) mass is 291 g/mol. The fourth-order valence-electron chi connectivity index (χ4n) is 1.43. The van der Waals surface area contributed by atoms with Crippen LogP contribution in [0.3, 0.4) is 0 Å². The van der Waals surface area contributed by atoms with Crippen molar-refractivity contribution in [1.29, 1.82) is 0 Å². The third-order valence-electron chi connectivity index (χ3n) is 2.47. The molecule has 1 aromatic carbocycles. The molecular weight excluding hydrogens is 280 g/mol. The molecule has 0 aliphatic carbocycles. The molecule has 0 unspecified atom stereocenters. The number of carbonyl (C=O) groups is 2. The van der Waals surface area contributed by atoms with Crippen molar-refractivity contribution in [2.24, 2.45) is 5.92 Å². The van der Waals surface area contributed by atoms with Crippen molar-refractivity contribution in [3.63, 3.8) is 0 Å². The van der Waals surface area contributed by atoms with Crippen LogP contribution >= 0.6 is 11.6 Å². The second-order valence-corrected chi connectivity index (χ2v) is 4.69. The quantitative estimate of drug-likeness (QED) is 0.838. The Balaban J connectivity index is 3.01. The van der Waals surface area contributed by atoms with Crippen LogP contribution in [0.15, 0.2) is 12.1 Å². The molecule has 1 rings (SSSR count). The number of nitrogens with one attached hydrogen (secondary N) is 1. The fourth-order valence-corrected chi connectivity index (χ4v) is 1.67. The van der Waals surface area contributed by atoms with Gasteiger partial charge in [0.1, 0.15) is 6.04 Å². The van der Waals surface area contributed by atoms with Gasteiger partial charge in [-0.2, -0.15) is 0 Å². The van der Waals surface area contributed by atoms with Crippen LogP contribution in [-0.2, 0) is 4.79 Å². The van der Waals surface area contributed by atoms with Gasteiger partial charge in [0, 0.05) is 0 Å². The van der Waals surface area contributed by atoms with Gasteiger partial charge >= 0.3 is 5.97 Å². The predicted octanol–water partition coefficient (Wildman–Crippen LogP) is 2.46. The van der Waals surface area contributed by atoms with Crippen LogP contribution in [0.2, 0.25) is 5.02 Å². The maximum Gasteiger partial charge on any atom is 0.326 e. The molecule has 104 valence electrons. The SMILES string of the molecule is CC(C)[C@H](NC(=O)c1cc(F)c(F)cc1Cl)C(=O)O. The summed E-state index contributed by atoms with van der Waals surface area (Å²) in [6.07, 6.45) is 0. The van der Waals surface area contributed by atoms with E-state index in [-0.39, 0.29) is 16.5 Å². The van der Waals surface area contributed by atoms with Gasteiger partial charge in [0.05, 0.1) is 10.6 Å². The molecule has 0 spiro atoms. The lowest BCUT2D eigenvalue weighted by molar-refractivity contribution is -0.140. The minimum absolute atomic E-state index is 0.288. The number of hydrogen-bond donors (Lipinski definition) is 2. The highest BCUT2D eigenvalue weighted by Crippen LogP contribution is 2.20. The molecule has 0 bridgehead atoms. The molecule has 2 N–H and O–H groups in total. The Hall–Kier alpha value is -1.69. The van der Waals surface area contributed by atoms with Crippen molar-refractivity contribution in [3.05, 3.63) is 34.4 Å². The molecule has 0 radical (unpaired) electrons. The third kappa shape index (κ3) is 3.64. The number of amides is 1. The molecule has 4 nitrogen and oxygen atoms in total. The Bertz CT molecular complexity index is 520. The number of hydrogen-bond acceptors (Lipinski definition) is 2. The predicted molar refractivity (Wildman–Crippen MR) is 65.1 cm³/mol. The van der Waals surface area contributed by atoms with Gasteiger partial charge < -0.3 is 10.4 Å². The summed E-state index contributed by atoms with van der Waals surface area (Å²) in [5, 5.41) is 10.8. The summed E-state index contributed by atoms with van der Waals surface area (Å²) in [5.74, 6) is -4.87. The molecule has 19 heavy (non-hydrogen) atoms.